The number of rotatable bonds is 6. The van der Waals surface area contributed by atoms with Gasteiger partial charge in [0.05, 0.1) is 5.41 Å². The Bertz CT molecular complexity index is 962. The largest absolute Gasteiger partial charge is 0.441 e. The van der Waals surface area contributed by atoms with Crippen LogP contribution < -0.4 is 5.32 Å². The molecule has 0 unspecified atom stereocenters. The summed E-state index contributed by atoms with van der Waals surface area (Å²) in [5.41, 5.74) is 1.08. The molecule has 4 rings (SSSR count). The lowest BCUT2D eigenvalue weighted by molar-refractivity contribution is -0.124. The molecule has 1 aliphatic carbocycles. The standard InChI is InChI=1S/C22H23FN2O2/c1-21(2)14-22(21,15-8-3-4-9-16(15)23)20(26)24-13-7-12-19-25-17-10-5-6-11-18(17)27-19/h3-6,8-11H,7,12-14H2,1-2H3,(H,24,26)/t22-/m1/s1. The molecule has 1 N–H and O–H groups in total. The van der Waals surface area contributed by atoms with E-state index >= 15 is 0 Å². The van der Waals surface area contributed by atoms with Crippen LogP contribution in [0, 0.1) is 11.2 Å². The number of aromatic nitrogens is 1. The van der Waals surface area contributed by atoms with Crippen molar-refractivity contribution in [3.8, 4) is 0 Å². The summed E-state index contributed by atoms with van der Waals surface area (Å²) in [6, 6.07) is 14.2. The van der Waals surface area contributed by atoms with Crippen molar-refractivity contribution in [2.75, 3.05) is 6.54 Å². The third-order valence-corrected chi connectivity index (χ3v) is 5.65. The van der Waals surface area contributed by atoms with Crippen LogP contribution >= 0.6 is 0 Å². The van der Waals surface area contributed by atoms with E-state index in [-0.39, 0.29) is 17.1 Å². The lowest BCUT2D eigenvalue weighted by Crippen LogP contribution is -2.39. The van der Waals surface area contributed by atoms with Gasteiger partial charge in [0.2, 0.25) is 5.91 Å². The lowest BCUT2D eigenvalue weighted by atomic mass is 9.86. The number of hydrogen-bond donors (Lipinski definition) is 1. The van der Waals surface area contributed by atoms with Crippen molar-refractivity contribution in [3.05, 3.63) is 65.8 Å². The van der Waals surface area contributed by atoms with E-state index in [0.717, 1.165) is 11.1 Å². The highest BCUT2D eigenvalue weighted by atomic mass is 19.1. The van der Waals surface area contributed by atoms with E-state index < -0.39 is 5.41 Å². The smallest absolute Gasteiger partial charge is 0.231 e. The maximum Gasteiger partial charge on any atom is 0.231 e. The molecule has 0 aliphatic heterocycles. The molecule has 0 saturated heterocycles. The molecule has 140 valence electrons. The van der Waals surface area contributed by atoms with E-state index in [1.807, 2.05) is 38.1 Å². The van der Waals surface area contributed by atoms with Gasteiger partial charge in [0.15, 0.2) is 11.5 Å². The molecule has 1 saturated carbocycles. The van der Waals surface area contributed by atoms with Crippen LogP contribution in [0.4, 0.5) is 4.39 Å². The fourth-order valence-corrected chi connectivity index (χ4v) is 4.02. The molecule has 0 radical (unpaired) electrons. The van der Waals surface area contributed by atoms with Crippen molar-refractivity contribution in [2.24, 2.45) is 5.41 Å². The maximum atomic E-state index is 14.3. The number of carbonyl (C=O) groups excluding carboxylic acids is 1. The minimum absolute atomic E-state index is 0.102. The van der Waals surface area contributed by atoms with Gasteiger partial charge in [-0.2, -0.15) is 0 Å². The summed E-state index contributed by atoms with van der Waals surface area (Å²) in [7, 11) is 0. The molecular formula is C22H23FN2O2. The fraction of sp³-hybridized carbons (Fsp3) is 0.364. The van der Waals surface area contributed by atoms with Crippen LogP contribution in [-0.2, 0) is 16.6 Å². The molecule has 1 amide bonds. The van der Waals surface area contributed by atoms with Gasteiger partial charge in [-0.3, -0.25) is 4.79 Å². The molecule has 1 atom stereocenters. The second kappa shape index (κ2) is 6.48. The minimum Gasteiger partial charge on any atom is -0.441 e. The van der Waals surface area contributed by atoms with Crippen molar-refractivity contribution in [1.82, 2.24) is 10.3 Å². The van der Waals surface area contributed by atoms with E-state index in [4.69, 9.17) is 4.42 Å². The number of nitrogens with one attached hydrogen (secondary N) is 1. The van der Waals surface area contributed by atoms with E-state index in [1.165, 1.54) is 6.07 Å². The van der Waals surface area contributed by atoms with Crippen LogP contribution in [0.1, 0.15) is 38.1 Å². The topological polar surface area (TPSA) is 55.1 Å². The summed E-state index contributed by atoms with van der Waals surface area (Å²) in [6.45, 7) is 4.53. The molecule has 1 aliphatic rings. The maximum absolute atomic E-state index is 14.3. The van der Waals surface area contributed by atoms with Gasteiger partial charge in [-0.1, -0.05) is 44.2 Å². The van der Waals surface area contributed by atoms with Crippen LogP contribution in [0.25, 0.3) is 11.1 Å². The van der Waals surface area contributed by atoms with Crippen molar-refractivity contribution in [2.45, 2.75) is 38.5 Å². The molecule has 1 heterocycles. The summed E-state index contributed by atoms with van der Waals surface area (Å²) in [4.78, 5) is 17.4. The van der Waals surface area contributed by atoms with Gasteiger partial charge in [0.1, 0.15) is 11.3 Å². The van der Waals surface area contributed by atoms with Crippen molar-refractivity contribution >= 4 is 17.0 Å². The Morgan fingerprint density at radius 3 is 2.59 bits per heavy atom. The Balaban J connectivity index is 1.39. The summed E-state index contributed by atoms with van der Waals surface area (Å²) in [5, 5.41) is 3.00. The first-order chi connectivity index (χ1) is 12.9. The molecule has 1 fully saturated rings. The van der Waals surface area contributed by atoms with E-state index in [9.17, 15) is 9.18 Å². The summed E-state index contributed by atoms with van der Waals surface area (Å²) < 4.78 is 20.0. The second-order valence-electron chi connectivity index (χ2n) is 7.88. The second-order valence-corrected chi connectivity index (χ2v) is 7.88. The van der Waals surface area contributed by atoms with E-state index in [1.54, 1.807) is 18.2 Å². The number of carbonyl (C=O) groups is 1. The first-order valence-corrected chi connectivity index (χ1v) is 9.32. The number of aryl methyl sites for hydroxylation is 1. The molecule has 0 spiro atoms. The molecule has 1 aromatic heterocycles. The quantitative estimate of drug-likeness (QED) is 0.659. The zero-order valence-corrected chi connectivity index (χ0v) is 15.6. The Labute approximate surface area is 157 Å². The van der Waals surface area contributed by atoms with E-state index in [2.05, 4.69) is 10.3 Å². The van der Waals surface area contributed by atoms with Crippen molar-refractivity contribution in [3.63, 3.8) is 0 Å². The number of oxazole rings is 1. The lowest BCUT2D eigenvalue weighted by Gasteiger charge is -2.21. The SMILES string of the molecule is CC1(C)C[C@]1(C(=O)NCCCc1nc2ccccc2o1)c1ccccc1F. The number of para-hydroxylation sites is 2. The average Bonchev–Trinajstić information content (AvgIpc) is 3.02. The van der Waals surface area contributed by atoms with Gasteiger partial charge in [-0.15, -0.1) is 0 Å². The van der Waals surface area contributed by atoms with Crippen LogP contribution in [0.15, 0.2) is 52.9 Å². The molecule has 0 bridgehead atoms. The van der Waals surface area contributed by atoms with Gasteiger partial charge >= 0.3 is 0 Å². The zero-order chi connectivity index (χ0) is 19.1. The monoisotopic (exact) mass is 366 g/mol. The molecular weight excluding hydrogens is 343 g/mol. The van der Waals surface area contributed by atoms with Gasteiger partial charge in [-0.25, -0.2) is 9.37 Å². The third-order valence-electron chi connectivity index (χ3n) is 5.65. The molecule has 3 aromatic rings. The van der Waals surface area contributed by atoms with Crippen LogP contribution in [0.3, 0.4) is 0 Å². The predicted molar refractivity (Wildman–Crippen MR) is 102 cm³/mol. The molecule has 5 heteroatoms. The Morgan fingerprint density at radius 1 is 1.19 bits per heavy atom. The number of benzene rings is 2. The summed E-state index contributed by atoms with van der Waals surface area (Å²) >= 11 is 0. The first-order valence-electron chi connectivity index (χ1n) is 9.32. The molecule has 2 aromatic carbocycles. The van der Waals surface area contributed by atoms with Gasteiger partial charge < -0.3 is 9.73 Å². The molecule has 27 heavy (non-hydrogen) atoms. The van der Waals surface area contributed by atoms with Gasteiger partial charge in [0, 0.05) is 18.5 Å². The predicted octanol–water partition coefficient (Wildman–Crippen LogP) is 4.38. The first kappa shape index (κ1) is 17.7. The average molecular weight is 366 g/mol. The highest BCUT2D eigenvalue weighted by Crippen LogP contribution is 2.64. The van der Waals surface area contributed by atoms with Gasteiger partial charge in [0.25, 0.3) is 0 Å². The minimum atomic E-state index is -0.782. The normalized spacial score (nSPS) is 20.6. The van der Waals surface area contributed by atoms with Crippen LogP contribution in [-0.4, -0.2) is 17.4 Å². The Morgan fingerprint density at radius 2 is 1.89 bits per heavy atom. The van der Waals surface area contributed by atoms with E-state index in [0.29, 0.717) is 37.3 Å². The van der Waals surface area contributed by atoms with Crippen LogP contribution in [0.2, 0.25) is 0 Å². The van der Waals surface area contributed by atoms with Crippen LogP contribution in [0.5, 0.6) is 0 Å². The third kappa shape index (κ3) is 3.01. The number of fused-ring (bicyclic) bond motifs is 1. The van der Waals surface area contributed by atoms with Crippen molar-refractivity contribution < 1.29 is 13.6 Å². The summed E-state index contributed by atoms with van der Waals surface area (Å²) in [5.74, 6) is 0.251. The molecule has 4 nitrogen and oxygen atoms in total. The number of hydrogen-bond acceptors (Lipinski definition) is 3. The number of nitrogens with zero attached hydrogens (tertiary/aromatic N) is 1. The Hall–Kier alpha value is -2.69. The number of amides is 1. The zero-order valence-electron chi connectivity index (χ0n) is 15.6. The summed E-state index contributed by atoms with van der Waals surface area (Å²) in [6.07, 6.45) is 2.01. The van der Waals surface area contributed by atoms with Crippen molar-refractivity contribution in [1.29, 1.82) is 0 Å². The highest BCUT2D eigenvalue weighted by molar-refractivity contribution is 5.93. The van der Waals surface area contributed by atoms with Gasteiger partial charge in [-0.05, 0) is 36.5 Å². The highest BCUT2D eigenvalue weighted by Gasteiger charge is 2.67. The fourth-order valence-electron chi connectivity index (χ4n) is 4.02. The Kier molecular flexibility index (Phi) is 4.25. The number of halogens is 1.